The molecule has 0 spiro atoms. The third-order valence-electron chi connectivity index (χ3n) is 4.58. The van der Waals surface area contributed by atoms with Gasteiger partial charge in [-0.3, -0.25) is 4.79 Å². The normalized spacial score (nSPS) is 20.2. The summed E-state index contributed by atoms with van der Waals surface area (Å²) in [4.78, 5) is 16.7. The molecule has 1 heterocycles. The second-order valence-electron chi connectivity index (χ2n) is 6.77. The first-order chi connectivity index (χ1) is 12.4. The summed E-state index contributed by atoms with van der Waals surface area (Å²) in [5.41, 5.74) is 0.408. The molecule has 2 atom stereocenters. The zero-order valence-electron chi connectivity index (χ0n) is 14.5. The van der Waals surface area contributed by atoms with Gasteiger partial charge in [-0.1, -0.05) is 61.3 Å². The molecule has 6 heteroatoms. The average Bonchev–Trinajstić information content (AvgIpc) is 3.13. The van der Waals surface area contributed by atoms with E-state index in [1.165, 1.54) is 0 Å². The fraction of sp³-hybridized carbons (Fsp3) is 0.300. The Kier molecular flexibility index (Phi) is 5.54. The topological polar surface area (TPSA) is 48.4 Å². The number of aromatic nitrogens is 1. The van der Waals surface area contributed by atoms with Gasteiger partial charge in [0.05, 0.1) is 11.6 Å². The highest BCUT2D eigenvalue weighted by Gasteiger charge is 2.61. The maximum atomic E-state index is 12.4. The second kappa shape index (κ2) is 7.68. The van der Waals surface area contributed by atoms with Gasteiger partial charge in [0.15, 0.2) is 0 Å². The third kappa shape index (κ3) is 4.37. The summed E-state index contributed by atoms with van der Waals surface area (Å²) in [5, 5.41) is 0. The van der Waals surface area contributed by atoms with Crippen molar-refractivity contribution in [3.05, 3.63) is 64.8 Å². The second-order valence-corrected chi connectivity index (χ2v) is 7.78. The van der Waals surface area contributed by atoms with Gasteiger partial charge in [0.1, 0.15) is 16.8 Å². The fourth-order valence-corrected chi connectivity index (χ4v) is 3.29. The summed E-state index contributed by atoms with van der Waals surface area (Å²) in [5.74, 6) is 0.606. The monoisotopic (exact) mass is 391 g/mol. The molecule has 1 aromatic heterocycles. The number of carbonyl (C=O) groups is 1. The Morgan fingerprint density at radius 1 is 1.15 bits per heavy atom. The van der Waals surface area contributed by atoms with Gasteiger partial charge in [-0.25, -0.2) is 4.98 Å². The van der Waals surface area contributed by atoms with Crippen molar-refractivity contribution in [1.82, 2.24) is 4.98 Å². The minimum Gasteiger partial charge on any atom is -0.459 e. The van der Waals surface area contributed by atoms with Crippen molar-refractivity contribution in [2.45, 2.75) is 20.5 Å². The number of allylic oxidation sites excluding steroid dienone is 1. The molecule has 1 saturated carbocycles. The molecule has 0 aliphatic heterocycles. The van der Waals surface area contributed by atoms with E-state index in [1.54, 1.807) is 18.2 Å². The molecule has 0 bridgehead atoms. The van der Waals surface area contributed by atoms with Crippen LogP contribution >= 0.6 is 23.2 Å². The van der Waals surface area contributed by atoms with Crippen LogP contribution in [0.1, 0.15) is 19.5 Å². The van der Waals surface area contributed by atoms with Gasteiger partial charge in [-0.15, -0.1) is 0 Å². The van der Waals surface area contributed by atoms with Crippen LogP contribution in [0.5, 0.6) is 11.6 Å². The van der Waals surface area contributed by atoms with E-state index < -0.39 is 0 Å². The number of hydrogen-bond acceptors (Lipinski definition) is 4. The number of nitrogens with zero attached hydrogens (tertiary/aromatic N) is 1. The first kappa shape index (κ1) is 18.7. The molecule has 1 aromatic carbocycles. The SMILES string of the molecule is CC1(C)[C@H](C(=O)OCc2cccc(Oc3ccccc3)n2)[C@@H]1C=C(Cl)Cl. The number of hydrogen-bond donors (Lipinski definition) is 0. The molecule has 0 radical (unpaired) electrons. The highest BCUT2D eigenvalue weighted by molar-refractivity contribution is 6.55. The standard InChI is InChI=1S/C20H19Cl2NO3/c1-20(2)15(11-16(21)22)18(20)19(24)25-12-13-7-6-10-17(23-13)26-14-8-4-3-5-9-14/h3-11,15,18H,12H2,1-2H3/t15-,18-/m0/s1. The molecule has 2 aromatic rings. The maximum Gasteiger partial charge on any atom is 0.310 e. The lowest BCUT2D eigenvalue weighted by Gasteiger charge is -2.08. The van der Waals surface area contributed by atoms with Gasteiger partial charge in [-0.2, -0.15) is 0 Å². The van der Waals surface area contributed by atoms with E-state index in [4.69, 9.17) is 32.7 Å². The third-order valence-corrected chi connectivity index (χ3v) is 4.83. The molecule has 0 N–H and O–H groups in total. The van der Waals surface area contributed by atoms with Gasteiger partial charge >= 0.3 is 5.97 Å². The van der Waals surface area contributed by atoms with E-state index >= 15 is 0 Å². The van der Waals surface area contributed by atoms with Crippen molar-refractivity contribution in [2.24, 2.45) is 17.3 Å². The molecule has 1 fully saturated rings. The van der Waals surface area contributed by atoms with Gasteiger partial charge in [-0.05, 0) is 35.6 Å². The van der Waals surface area contributed by atoms with Crippen molar-refractivity contribution in [3.63, 3.8) is 0 Å². The number of ether oxygens (including phenoxy) is 2. The van der Waals surface area contributed by atoms with Crippen molar-refractivity contribution < 1.29 is 14.3 Å². The van der Waals surface area contributed by atoms with Crippen LogP contribution in [0, 0.1) is 17.3 Å². The Morgan fingerprint density at radius 3 is 2.58 bits per heavy atom. The lowest BCUT2D eigenvalue weighted by molar-refractivity contribution is -0.147. The van der Waals surface area contributed by atoms with E-state index in [2.05, 4.69) is 4.98 Å². The highest BCUT2D eigenvalue weighted by atomic mass is 35.5. The van der Waals surface area contributed by atoms with E-state index in [0.29, 0.717) is 17.3 Å². The molecular formula is C20H19Cl2NO3. The number of pyridine rings is 1. The molecule has 0 amide bonds. The predicted octanol–water partition coefficient (Wildman–Crippen LogP) is 5.51. The Labute approximate surface area is 162 Å². The molecular weight excluding hydrogens is 373 g/mol. The van der Waals surface area contributed by atoms with E-state index in [9.17, 15) is 4.79 Å². The largest absolute Gasteiger partial charge is 0.459 e. The predicted molar refractivity (Wildman–Crippen MR) is 101 cm³/mol. The molecule has 1 aliphatic carbocycles. The van der Waals surface area contributed by atoms with Gasteiger partial charge < -0.3 is 9.47 Å². The Balaban J connectivity index is 1.59. The first-order valence-electron chi connectivity index (χ1n) is 8.26. The Bertz CT molecular complexity index is 817. The van der Waals surface area contributed by atoms with Crippen LogP contribution < -0.4 is 4.74 Å². The number of carbonyl (C=O) groups excluding carboxylic acids is 1. The molecule has 0 unspecified atom stereocenters. The van der Waals surface area contributed by atoms with E-state index in [0.717, 1.165) is 0 Å². The smallest absolute Gasteiger partial charge is 0.310 e. The van der Waals surface area contributed by atoms with Crippen molar-refractivity contribution in [3.8, 4) is 11.6 Å². The maximum absolute atomic E-state index is 12.4. The molecule has 0 saturated heterocycles. The summed E-state index contributed by atoms with van der Waals surface area (Å²) < 4.78 is 11.3. The molecule has 26 heavy (non-hydrogen) atoms. The number of benzene rings is 1. The zero-order chi connectivity index (χ0) is 18.7. The van der Waals surface area contributed by atoms with Crippen molar-refractivity contribution in [2.75, 3.05) is 0 Å². The zero-order valence-corrected chi connectivity index (χ0v) is 16.0. The summed E-state index contributed by atoms with van der Waals surface area (Å²) in [6, 6.07) is 14.7. The molecule has 136 valence electrons. The lowest BCUT2D eigenvalue weighted by atomic mass is 10.1. The van der Waals surface area contributed by atoms with Crippen LogP contribution in [0.25, 0.3) is 0 Å². The average molecular weight is 392 g/mol. The summed E-state index contributed by atoms with van der Waals surface area (Å²) in [6.07, 6.45) is 1.70. The van der Waals surface area contributed by atoms with Crippen LogP contribution in [0.3, 0.4) is 0 Å². The van der Waals surface area contributed by atoms with Gasteiger partial charge in [0.2, 0.25) is 5.88 Å². The fourth-order valence-electron chi connectivity index (χ4n) is 3.01. The summed E-state index contributed by atoms with van der Waals surface area (Å²) in [6.45, 7) is 4.06. The summed E-state index contributed by atoms with van der Waals surface area (Å²) in [7, 11) is 0. The minimum atomic E-state index is -0.276. The van der Waals surface area contributed by atoms with Gasteiger partial charge in [0, 0.05) is 6.07 Å². The number of halogens is 2. The minimum absolute atomic E-state index is 0.0132. The van der Waals surface area contributed by atoms with Crippen molar-refractivity contribution in [1.29, 1.82) is 0 Å². The highest BCUT2D eigenvalue weighted by Crippen LogP contribution is 2.60. The van der Waals surface area contributed by atoms with Crippen LogP contribution in [0.15, 0.2) is 59.1 Å². The van der Waals surface area contributed by atoms with Crippen molar-refractivity contribution >= 4 is 29.2 Å². The van der Waals surface area contributed by atoms with Crippen LogP contribution in [0.2, 0.25) is 0 Å². The van der Waals surface area contributed by atoms with Crippen LogP contribution in [-0.2, 0) is 16.1 Å². The molecule has 1 aliphatic rings. The van der Waals surface area contributed by atoms with E-state index in [-0.39, 0.29) is 34.3 Å². The van der Waals surface area contributed by atoms with Crippen LogP contribution in [-0.4, -0.2) is 11.0 Å². The lowest BCUT2D eigenvalue weighted by Crippen LogP contribution is -2.11. The Morgan fingerprint density at radius 2 is 1.88 bits per heavy atom. The summed E-state index contributed by atoms with van der Waals surface area (Å²) >= 11 is 11.4. The molecule has 4 nitrogen and oxygen atoms in total. The number of para-hydroxylation sites is 1. The number of esters is 1. The van der Waals surface area contributed by atoms with E-state index in [1.807, 2.05) is 50.2 Å². The van der Waals surface area contributed by atoms with Gasteiger partial charge in [0.25, 0.3) is 0 Å². The Hall–Kier alpha value is -2.04. The number of rotatable bonds is 6. The molecule has 3 rings (SSSR count). The first-order valence-corrected chi connectivity index (χ1v) is 9.02. The van der Waals surface area contributed by atoms with Crippen LogP contribution in [0.4, 0.5) is 0 Å². The quantitative estimate of drug-likeness (QED) is 0.609.